The lowest BCUT2D eigenvalue weighted by atomic mass is 9.77. The molecule has 3 saturated heterocycles. The number of aliphatic hydroxyl groups is 5. The Morgan fingerprint density at radius 3 is 2.26 bits per heavy atom. The molecule has 0 unspecified atom stereocenters. The number of esters is 1. The summed E-state index contributed by atoms with van der Waals surface area (Å²) < 4.78 is 38.2. The maximum atomic E-state index is 14.6. The molecular formula is C51H87N5O12S. The lowest BCUT2D eigenvalue weighted by Gasteiger charge is -2.48. The number of carbonyl (C=O) groups is 1. The van der Waals surface area contributed by atoms with Crippen LogP contribution in [0.1, 0.15) is 113 Å². The van der Waals surface area contributed by atoms with E-state index in [0.29, 0.717) is 50.7 Å². The van der Waals surface area contributed by atoms with E-state index in [-0.39, 0.29) is 43.7 Å². The highest BCUT2D eigenvalue weighted by molar-refractivity contribution is 7.80. The maximum Gasteiger partial charge on any atom is 0.311 e. The van der Waals surface area contributed by atoms with E-state index in [1.807, 2.05) is 81.9 Å². The van der Waals surface area contributed by atoms with Crippen molar-refractivity contribution in [3.63, 3.8) is 0 Å². The molecular weight excluding hydrogens is 907 g/mol. The van der Waals surface area contributed by atoms with Gasteiger partial charge in [0.1, 0.15) is 30.0 Å². The molecule has 0 spiro atoms. The van der Waals surface area contributed by atoms with Crippen molar-refractivity contribution >= 4 is 23.3 Å². The highest BCUT2D eigenvalue weighted by Crippen LogP contribution is 2.40. The van der Waals surface area contributed by atoms with Crippen molar-refractivity contribution in [2.45, 2.75) is 205 Å². The molecule has 4 rings (SSSR count). The summed E-state index contributed by atoms with van der Waals surface area (Å²) in [4.78, 5) is 20.6. The van der Waals surface area contributed by atoms with E-state index in [1.54, 1.807) is 34.6 Å². The van der Waals surface area contributed by atoms with Crippen LogP contribution >= 0.6 is 12.2 Å². The van der Waals surface area contributed by atoms with Gasteiger partial charge in [0.25, 0.3) is 0 Å². The van der Waals surface area contributed by atoms with Gasteiger partial charge in [0.2, 0.25) is 0 Å². The molecule has 0 radical (unpaired) electrons. The average Bonchev–Trinajstić information content (AvgIpc) is 3.30. The fourth-order valence-electron chi connectivity index (χ4n) is 10.7. The van der Waals surface area contributed by atoms with Crippen molar-refractivity contribution < 1.29 is 58.7 Å². The average molecular weight is 994 g/mol. The quantitative estimate of drug-likeness (QED) is 0.108. The molecule has 0 aliphatic carbocycles. The Labute approximate surface area is 417 Å². The second-order valence-electron chi connectivity index (χ2n) is 21.1. The third-order valence-electron chi connectivity index (χ3n) is 15.0. The molecule has 3 fully saturated rings. The number of hydrogen-bond acceptors (Lipinski definition) is 16. The number of methoxy groups -OCH3 is 1. The van der Waals surface area contributed by atoms with E-state index in [2.05, 4.69) is 16.3 Å². The smallest absolute Gasteiger partial charge is 0.311 e. The van der Waals surface area contributed by atoms with Crippen LogP contribution in [0.3, 0.4) is 0 Å². The van der Waals surface area contributed by atoms with Crippen molar-refractivity contribution in [2.24, 2.45) is 17.8 Å². The SMILES string of the molecule is CC[C@H]1OC(=O)[C@H](C)[C@@H](O[C@@H]2C[C@@](C)(OC)[C@@H](O)[C@H](C)O2)[C@H](C)[C@@H](O[C@@H]2O[C@H](C)C[C@H](N(C)C)[C@H]2O)[C@](C)(O)C[C@@H](C)CN(CCCN(CCC#N)C(=S)NCc2ccccc2)[C@H](C)[C@@H](O)[C@]1(C)O. The summed E-state index contributed by atoms with van der Waals surface area (Å²) in [7, 11) is 5.27. The Balaban J connectivity index is 1.76. The monoisotopic (exact) mass is 994 g/mol. The fraction of sp³-hybridized carbons (Fsp3) is 0.824. The number of hydrogen-bond donors (Lipinski definition) is 6. The van der Waals surface area contributed by atoms with Gasteiger partial charge in [-0.2, -0.15) is 5.26 Å². The minimum atomic E-state index is -1.92. The first-order valence-electron chi connectivity index (χ1n) is 25.0. The van der Waals surface area contributed by atoms with Gasteiger partial charge in [-0.05, 0) is 112 Å². The van der Waals surface area contributed by atoms with Crippen molar-refractivity contribution in [1.29, 1.82) is 5.26 Å². The highest BCUT2D eigenvalue weighted by atomic mass is 32.1. The van der Waals surface area contributed by atoms with Crippen LogP contribution in [0.4, 0.5) is 0 Å². The van der Waals surface area contributed by atoms with Crippen molar-refractivity contribution in [1.82, 2.24) is 20.0 Å². The van der Waals surface area contributed by atoms with E-state index in [0.717, 1.165) is 5.56 Å². The molecule has 394 valence electrons. The number of rotatable bonds is 15. The van der Waals surface area contributed by atoms with Crippen LogP contribution in [0.2, 0.25) is 0 Å². The molecule has 69 heavy (non-hydrogen) atoms. The van der Waals surface area contributed by atoms with Gasteiger partial charge in [0.15, 0.2) is 17.7 Å². The molecule has 3 aliphatic rings. The summed E-state index contributed by atoms with van der Waals surface area (Å²) in [6.07, 6.45) is -8.18. The Hall–Kier alpha value is -2.61. The number of likely N-dealkylation sites (N-methyl/N-ethyl adjacent to an activating group) is 1. The summed E-state index contributed by atoms with van der Waals surface area (Å²) in [6, 6.07) is 11.1. The second-order valence-corrected chi connectivity index (χ2v) is 21.5. The number of benzene rings is 1. The number of aliphatic hydroxyl groups excluding tert-OH is 3. The lowest BCUT2D eigenvalue weighted by Crippen LogP contribution is -2.60. The van der Waals surface area contributed by atoms with Gasteiger partial charge in [-0.25, -0.2) is 0 Å². The van der Waals surface area contributed by atoms with Crippen LogP contribution in [0.15, 0.2) is 30.3 Å². The molecule has 0 saturated carbocycles. The second kappa shape index (κ2) is 25.9. The number of cyclic esters (lactones) is 1. The largest absolute Gasteiger partial charge is 0.459 e. The maximum absolute atomic E-state index is 14.6. The van der Waals surface area contributed by atoms with Gasteiger partial charge in [-0.1, -0.05) is 51.1 Å². The van der Waals surface area contributed by atoms with Crippen LogP contribution in [0, 0.1) is 29.1 Å². The minimum Gasteiger partial charge on any atom is -0.459 e. The molecule has 3 aliphatic heterocycles. The van der Waals surface area contributed by atoms with Gasteiger partial charge in [0.05, 0.1) is 54.0 Å². The standard InChI is InChI=1S/C51H87N5O12S/c1-14-39-51(10,62)43(58)35(6)56(25-19-24-55(23-18-22-52)48(69)53-29-37-20-16-15-17-21-37)30-31(2)27-49(8,61)45(68-47-41(57)38(54(11)12)26-32(3)64-47)33(4)42(34(5)46(60)66-39)67-40-28-50(9,63-13)44(59)36(7)65-40/h15-17,20-21,31-36,38-45,47,57-59,61-62H,14,18-19,23-30H2,1-13H3,(H,53,69)/t31-,32-,33+,34-,35-,36+,38+,39-,40-,41-,42+,43-,44+,45-,47+,49-,50-,51-/m1/s1. The lowest BCUT2D eigenvalue weighted by molar-refractivity contribution is -0.318. The van der Waals surface area contributed by atoms with Crippen molar-refractivity contribution in [2.75, 3.05) is 47.4 Å². The summed E-state index contributed by atoms with van der Waals surface area (Å²) in [5.41, 5.74) is -3.57. The van der Waals surface area contributed by atoms with Gasteiger partial charge >= 0.3 is 5.97 Å². The van der Waals surface area contributed by atoms with Crippen LogP contribution in [-0.2, 0) is 39.8 Å². The molecule has 3 heterocycles. The molecule has 18 atom stereocenters. The zero-order valence-electron chi connectivity index (χ0n) is 43.6. The topological polar surface area (TPSA) is 219 Å². The Morgan fingerprint density at radius 2 is 1.65 bits per heavy atom. The van der Waals surface area contributed by atoms with Crippen molar-refractivity contribution in [3.8, 4) is 6.07 Å². The zero-order chi connectivity index (χ0) is 51.6. The number of ether oxygens (including phenoxy) is 6. The molecule has 18 heteroatoms. The van der Waals surface area contributed by atoms with Gasteiger partial charge in [0, 0.05) is 64.3 Å². The third-order valence-corrected chi connectivity index (χ3v) is 15.4. The molecule has 1 aromatic carbocycles. The number of carbonyl (C=O) groups excluding carboxylic acids is 1. The predicted octanol–water partition coefficient (Wildman–Crippen LogP) is 3.95. The number of thiocarbonyl (C=S) groups is 1. The fourth-order valence-corrected chi connectivity index (χ4v) is 11.0. The van der Waals surface area contributed by atoms with Gasteiger partial charge < -0.3 is 69.1 Å². The molecule has 17 nitrogen and oxygen atoms in total. The summed E-state index contributed by atoms with van der Waals surface area (Å²) in [5.74, 6) is -2.87. The van der Waals surface area contributed by atoms with E-state index in [4.69, 9.17) is 40.6 Å². The normalized spacial score (nSPS) is 40.0. The van der Waals surface area contributed by atoms with E-state index >= 15 is 0 Å². The van der Waals surface area contributed by atoms with E-state index in [1.165, 1.54) is 14.0 Å². The molecule has 0 bridgehead atoms. The van der Waals surface area contributed by atoms with Crippen molar-refractivity contribution in [3.05, 3.63) is 35.9 Å². The summed E-state index contributed by atoms with van der Waals surface area (Å²) in [5, 5.41) is 73.7. The Bertz CT molecular complexity index is 1790. The number of nitriles is 1. The molecule has 1 aromatic rings. The van der Waals surface area contributed by atoms with E-state index in [9.17, 15) is 35.6 Å². The summed E-state index contributed by atoms with van der Waals surface area (Å²) >= 11 is 5.82. The number of nitrogens with zero attached hydrogens (tertiary/aromatic N) is 4. The highest BCUT2D eigenvalue weighted by Gasteiger charge is 2.53. The molecule has 0 aromatic heterocycles. The first-order valence-corrected chi connectivity index (χ1v) is 25.4. The number of nitrogens with one attached hydrogen (secondary N) is 1. The Morgan fingerprint density at radius 1 is 0.986 bits per heavy atom. The predicted molar refractivity (Wildman–Crippen MR) is 265 cm³/mol. The van der Waals surface area contributed by atoms with Crippen LogP contribution < -0.4 is 5.32 Å². The van der Waals surface area contributed by atoms with Gasteiger partial charge in [-0.3, -0.25) is 9.69 Å². The van der Waals surface area contributed by atoms with Crippen LogP contribution in [-0.4, -0.2) is 189 Å². The molecule has 6 N–H and O–H groups in total. The summed E-state index contributed by atoms with van der Waals surface area (Å²) in [6.45, 7) is 19.9. The zero-order valence-corrected chi connectivity index (χ0v) is 44.4. The minimum absolute atomic E-state index is 0.101. The van der Waals surface area contributed by atoms with Crippen LogP contribution in [0.25, 0.3) is 0 Å². The first kappa shape index (κ1) is 59.0. The van der Waals surface area contributed by atoms with Crippen LogP contribution in [0.5, 0.6) is 0 Å². The Kier molecular flexibility index (Phi) is 22.1. The van der Waals surface area contributed by atoms with E-state index < -0.39 is 96.0 Å². The third kappa shape index (κ3) is 15.2. The first-order chi connectivity index (χ1) is 32.3. The molecule has 0 amide bonds. The van der Waals surface area contributed by atoms with Gasteiger partial charge in [-0.15, -0.1) is 0 Å².